The molecule has 1 saturated carbocycles. The molecular formula is C11H20N2O4S. The lowest BCUT2D eigenvalue weighted by molar-refractivity contribution is -0.138. The van der Waals surface area contributed by atoms with Crippen molar-refractivity contribution in [2.75, 3.05) is 33.8 Å². The second-order valence-electron chi connectivity index (χ2n) is 5.49. The first-order chi connectivity index (χ1) is 8.26. The number of amides is 1. The first-order valence-corrected chi connectivity index (χ1v) is 7.52. The SMILES string of the molecule is CN(C)C(=O)COC1CN(S(=O)(=O)C2(C)CC2)C1. The second kappa shape index (κ2) is 4.47. The van der Waals surface area contributed by atoms with Crippen molar-refractivity contribution in [2.24, 2.45) is 0 Å². The Balaban J connectivity index is 1.76. The summed E-state index contributed by atoms with van der Waals surface area (Å²) in [6.07, 6.45) is 1.35. The third-order valence-corrected chi connectivity index (χ3v) is 6.30. The largest absolute Gasteiger partial charge is 0.366 e. The summed E-state index contributed by atoms with van der Waals surface area (Å²) in [6.45, 7) is 2.55. The Bertz CT molecular complexity index is 436. The van der Waals surface area contributed by atoms with Crippen LogP contribution in [-0.2, 0) is 19.6 Å². The van der Waals surface area contributed by atoms with Crippen LogP contribution in [0.15, 0.2) is 0 Å². The van der Waals surface area contributed by atoms with Crippen LogP contribution in [0.5, 0.6) is 0 Å². The molecule has 2 aliphatic rings. The number of hydrogen-bond donors (Lipinski definition) is 0. The standard InChI is InChI=1S/C11H20N2O4S/c1-11(4-5-11)18(15,16)13-6-9(7-13)17-8-10(14)12(2)3/h9H,4-8H2,1-3H3. The maximum Gasteiger partial charge on any atom is 0.248 e. The van der Waals surface area contributed by atoms with E-state index in [0.717, 1.165) is 12.8 Å². The molecule has 1 aliphatic carbocycles. The van der Waals surface area contributed by atoms with Crippen molar-refractivity contribution in [2.45, 2.75) is 30.6 Å². The molecule has 104 valence electrons. The molecule has 0 atom stereocenters. The molecule has 1 amide bonds. The predicted molar refractivity (Wildman–Crippen MR) is 66.6 cm³/mol. The van der Waals surface area contributed by atoms with Gasteiger partial charge in [0.2, 0.25) is 15.9 Å². The van der Waals surface area contributed by atoms with E-state index in [1.54, 1.807) is 21.0 Å². The molecule has 0 aromatic carbocycles. The second-order valence-corrected chi connectivity index (χ2v) is 7.95. The van der Waals surface area contributed by atoms with Crippen LogP contribution in [0.3, 0.4) is 0 Å². The smallest absolute Gasteiger partial charge is 0.248 e. The lowest BCUT2D eigenvalue weighted by Gasteiger charge is -2.39. The molecule has 0 N–H and O–H groups in total. The van der Waals surface area contributed by atoms with Gasteiger partial charge in [-0.3, -0.25) is 4.79 Å². The fourth-order valence-corrected chi connectivity index (χ4v) is 3.73. The van der Waals surface area contributed by atoms with Crippen LogP contribution in [0, 0.1) is 0 Å². The molecule has 18 heavy (non-hydrogen) atoms. The van der Waals surface area contributed by atoms with Gasteiger partial charge in [0.05, 0.1) is 10.9 Å². The lowest BCUT2D eigenvalue weighted by atomic mass is 10.2. The Morgan fingerprint density at radius 1 is 1.39 bits per heavy atom. The fourth-order valence-electron chi connectivity index (χ4n) is 1.77. The highest BCUT2D eigenvalue weighted by atomic mass is 32.2. The van der Waals surface area contributed by atoms with Crippen LogP contribution in [0.2, 0.25) is 0 Å². The zero-order chi connectivity index (χ0) is 13.6. The van der Waals surface area contributed by atoms with Crippen LogP contribution in [0.25, 0.3) is 0 Å². The number of likely N-dealkylation sites (N-methyl/N-ethyl adjacent to an activating group) is 1. The molecule has 0 aromatic heterocycles. The van der Waals surface area contributed by atoms with Crippen molar-refractivity contribution in [1.29, 1.82) is 0 Å². The molecule has 2 fully saturated rings. The maximum absolute atomic E-state index is 12.1. The molecule has 7 heteroatoms. The van der Waals surface area contributed by atoms with Gasteiger partial charge in [-0.2, -0.15) is 4.31 Å². The van der Waals surface area contributed by atoms with E-state index in [2.05, 4.69) is 0 Å². The molecule has 0 radical (unpaired) electrons. The van der Waals surface area contributed by atoms with Gasteiger partial charge in [-0.1, -0.05) is 0 Å². The molecular weight excluding hydrogens is 256 g/mol. The first kappa shape index (κ1) is 13.8. The third kappa shape index (κ3) is 2.39. The van der Waals surface area contributed by atoms with Gasteiger partial charge in [-0.05, 0) is 19.8 Å². The van der Waals surface area contributed by atoms with E-state index in [9.17, 15) is 13.2 Å². The van der Waals surface area contributed by atoms with E-state index < -0.39 is 14.8 Å². The zero-order valence-corrected chi connectivity index (χ0v) is 11.9. The van der Waals surface area contributed by atoms with Gasteiger partial charge in [-0.25, -0.2) is 8.42 Å². The molecule has 6 nitrogen and oxygen atoms in total. The molecule has 0 spiro atoms. The fraction of sp³-hybridized carbons (Fsp3) is 0.909. The Kier molecular flexibility index (Phi) is 3.42. The number of rotatable bonds is 5. The van der Waals surface area contributed by atoms with Gasteiger partial charge in [0, 0.05) is 27.2 Å². The molecule has 0 unspecified atom stereocenters. The number of carbonyl (C=O) groups is 1. The van der Waals surface area contributed by atoms with Gasteiger partial charge in [0.15, 0.2) is 0 Å². The van der Waals surface area contributed by atoms with E-state index in [4.69, 9.17) is 4.74 Å². The molecule has 0 bridgehead atoms. The minimum atomic E-state index is -3.16. The van der Waals surface area contributed by atoms with E-state index in [0.29, 0.717) is 13.1 Å². The summed E-state index contributed by atoms with van der Waals surface area (Å²) in [6, 6.07) is 0. The lowest BCUT2D eigenvalue weighted by Crippen LogP contribution is -2.57. The minimum Gasteiger partial charge on any atom is -0.366 e. The highest BCUT2D eigenvalue weighted by Gasteiger charge is 2.55. The summed E-state index contributed by atoms with van der Waals surface area (Å²) < 4.78 is 30.4. The van der Waals surface area contributed by atoms with E-state index in [-0.39, 0.29) is 18.6 Å². The van der Waals surface area contributed by atoms with E-state index in [1.165, 1.54) is 9.21 Å². The van der Waals surface area contributed by atoms with Crippen LogP contribution >= 0.6 is 0 Å². The first-order valence-electron chi connectivity index (χ1n) is 6.08. The normalized spacial score (nSPS) is 23.5. The van der Waals surface area contributed by atoms with Gasteiger partial charge >= 0.3 is 0 Å². The Morgan fingerprint density at radius 3 is 2.39 bits per heavy atom. The minimum absolute atomic E-state index is 0.0167. The van der Waals surface area contributed by atoms with Crippen molar-refractivity contribution in [3.63, 3.8) is 0 Å². The van der Waals surface area contributed by atoms with Crippen molar-refractivity contribution in [3.05, 3.63) is 0 Å². The van der Waals surface area contributed by atoms with Crippen LogP contribution in [0.4, 0.5) is 0 Å². The number of carbonyl (C=O) groups excluding carboxylic acids is 1. The summed E-state index contributed by atoms with van der Waals surface area (Å²) >= 11 is 0. The van der Waals surface area contributed by atoms with Crippen LogP contribution in [0.1, 0.15) is 19.8 Å². The summed E-state index contributed by atoms with van der Waals surface area (Å²) in [5.74, 6) is -0.106. The number of nitrogens with zero attached hydrogens (tertiary/aromatic N) is 2. The third-order valence-electron chi connectivity index (χ3n) is 3.67. The van der Waals surface area contributed by atoms with E-state index in [1.807, 2.05) is 0 Å². The monoisotopic (exact) mass is 276 g/mol. The number of sulfonamides is 1. The highest BCUT2D eigenvalue weighted by molar-refractivity contribution is 7.90. The molecule has 0 aromatic rings. The molecule has 2 rings (SSSR count). The van der Waals surface area contributed by atoms with Gasteiger partial charge in [0.25, 0.3) is 0 Å². The van der Waals surface area contributed by atoms with Gasteiger partial charge < -0.3 is 9.64 Å². The van der Waals surface area contributed by atoms with Crippen molar-refractivity contribution >= 4 is 15.9 Å². The summed E-state index contributed by atoms with van der Waals surface area (Å²) in [5.41, 5.74) is 0. The Labute approximate surface area is 108 Å². The topological polar surface area (TPSA) is 66.9 Å². The summed E-state index contributed by atoms with van der Waals surface area (Å²) in [7, 11) is 0.169. The zero-order valence-electron chi connectivity index (χ0n) is 11.0. The highest BCUT2D eigenvalue weighted by Crippen LogP contribution is 2.45. The van der Waals surface area contributed by atoms with Gasteiger partial charge in [-0.15, -0.1) is 0 Å². The van der Waals surface area contributed by atoms with Gasteiger partial charge in [0.1, 0.15) is 6.61 Å². The Morgan fingerprint density at radius 2 is 1.94 bits per heavy atom. The average molecular weight is 276 g/mol. The predicted octanol–water partition coefficient (Wildman–Crippen LogP) is -0.342. The van der Waals surface area contributed by atoms with Crippen molar-refractivity contribution in [1.82, 2.24) is 9.21 Å². The molecule has 1 aliphatic heterocycles. The molecule has 1 heterocycles. The average Bonchev–Trinajstić information content (AvgIpc) is 2.94. The molecule has 1 saturated heterocycles. The summed E-state index contributed by atoms with van der Waals surface area (Å²) in [4.78, 5) is 12.8. The van der Waals surface area contributed by atoms with E-state index >= 15 is 0 Å². The van der Waals surface area contributed by atoms with Crippen molar-refractivity contribution in [3.8, 4) is 0 Å². The number of ether oxygens (including phenoxy) is 1. The Hall–Kier alpha value is -0.660. The quantitative estimate of drug-likeness (QED) is 0.689. The summed E-state index contributed by atoms with van der Waals surface area (Å²) in [5, 5.41) is 0. The van der Waals surface area contributed by atoms with Crippen molar-refractivity contribution < 1.29 is 17.9 Å². The number of hydrogen-bond acceptors (Lipinski definition) is 4. The van der Waals surface area contributed by atoms with Crippen LogP contribution < -0.4 is 0 Å². The maximum atomic E-state index is 12.1. The van der Waals surface area contributed by atoms with Crippen LogP contribution in [-0.4, -0.2) is 68.2 Å².